The van der Waals surface area contributed by atoms with Gasteiger partial charge in [-0.15, -0.1) is 11.3 Å². The molecule has 0 unspecified atom stereocenters. The first-order valence-corrected chi connectivity index (χ1v) is 7.18. The highest BCUT2D eigenvalue weighted by Crippen LogP contribution is 2.22. The van der Waals surface area contributed by atoms with Gasteiger partial charge in [-0.3, -0.25) is 4.79 Å². The summed E-state index contributed by atoms with van der Waals surface area (Å²) in [4.78, 5) is 13.0. The van der Waals surface area contributed by atoms with Crippen LogP contribution >= 0.6 is 38.9 Å². The number of rotatable bonds is 4. The van der Waals surface area contributed by atoms with Crippen LogP contribution in [0.3, 0.4) is 0 Å². The van der Waals surface area contributed by atoms with Crippen LogP contribution in [0, 0.1) is 0 Å². The maximum atomic E-state index is 11.9. The molecule has 0 saturated carbocycles. The van der Waals surface area contributed by atoms with E-state index in [0.29, 0.717) is 17.9 Å². The summed E-state index contributed by atoms with van der Waals surface area (Å²) in [5.41, 5.74) is 0.886. The van der Waals surface area contributed by atoms with Crippen molar-refractivity contribution in [1.29, 1.82) is 0 Å². The van der Waals surface area contributed by atoms with E-state index in [1.165, 1.54) is 0 Å². The molecular formula is C13H10BrClOS. The van der Waals surface area contributed by atoms with Gasteiger partial charge in [0, 0.05) is 27.2 Å². The smallest absolute Gasteiger partial charge is 0.142 e. The van der Waals surface area contributed by atoms with E-state index >= 15 is 0 Å². The first-order valence-electron chi connectivity index (χ1n) is 5.13. The molecule has 17 heavy (non-hydrogen) atoms. The van der Waals surface area contributed by atoms with Crippen LogP contribution in [0.25, 0.3) is 0 Å². The van der Waals surface area contributed by atoms with Gasteiger partial charge >= 0.3 is 0 Å². The Morgan fingerprint density at radius 1 is 1.29 bits per heavy atom. The standard InChI is InChI=1S/C13H10BrClOS/c14-10-4-3-9(13(15)7-10)6-11(16)8-12-2-1-5-17-12/h1-5,7H,6,8H2. The number of ketones is 1. The first-order chi connectivity index (χ1) is 8.15. The summed E-state index contributed by atoms with van der Waals surface area (Å²) in [5, 5.41) is 2.62. The summed E-state index contributed by atoms with van der Waals surface area (Å²) in [6.07, 6.45) is 0.883. The van der Waals surface area contributed by atoms with Gasteiger partial charge in [0.15, 0.2) is 0 Å². The van der Waals surface area contributed by atoms with Crippen molar-refractivity contribution in [2.75, 3.05) is 0 Å². The van der Waals surface area contributed by atoms with E-state index < -0.39 is 0 Å². The van der Waals surface area contributed by atoms with Crippen molar-refractivity contribution in [2.24, 2.45) is 0 Å². The Labute approximate surface area is 118 Å². The lowest BCUT2D eigenvalue weighted by atomic mass is 10.1. The molecule has 88 valence electrons. The molecule has 1 aromatic heterocycles. The fourth-order valence-corrected chi connectivity index (χ4v) is 3.02. The van der Waals surface area contributed by atoms with E-state index in [2.05, 4.69) is 15.9 Å². The lowest BCUT2D eigenvalue weighted by molar-refractivity contribution is -0.117. The third-order valence-electron chi connectivity index (χ3n) is 2.35. The minimum absolute atomic E-state index is 0.191. The molecule has 0 atom stereocenters. The zero-order valence-electron chi connectivity index (χ0n) is 8.95. The molecule has 1 aromatic carbocycles. The van der Waals surface area contributed by atoms with Crippen LogP contribution in [0.4, 0.5) is 0 Å². The monoisotopic (exact) mass is 328 g/mol. The number of halogens is 2. The lowest BCUT2D eigenvalue weighted by Gasteiger charge is -2.03. The van der Waals surface area contributed by atoms with Crippen LogP contribution in [0.5, 0.6) is 0 Å². The number of Topliss-reactive ketones (excluding diaryl/α,β-unsaturated/α-hetero) is 1. The Kier molecular flexibility index (Phi) is 4.37. The maximum Gasteiger partial charge on any atom is 0.142 e. The fraction of sp³-hybridized carbons (Fsp3) is 0.154. The van der Waals surface area contributed by atoms with E-state index in [0.717, 1.165) is 14.9 Å². The van der Waals surface area contributed by atoms with E-state index in [1.54, 1.807) is 11.3 Å². The van der Waals surface area contributed by atoms with Gasteiger partial charge < -0.3 is 0 Å². The Hall–Kier alpha value is -0.640. The Morgan fingerprint density at radius 3 is 2.76 bits per heavy atom. The van der Waals surface area contributed by atoms with Crippen molar-refractivity contribution in [1.82, 2.24) is 0 Å². The summed E-state index contributed by atoms with van der Waals surface area (Å²) in [6.45, 7) is 0. The lowest BCUT2D eigenvalue weighted by Crippen LogP contribution is -2.05. The quantitative estimate of drug-likeness (QED) is 0.806. The van der Waals surface area contributed by atoms with Gasteiger partial charge in [-0.25, -0.2) is 0 Å². The zero-order chi connectivity index (χ0) is 12.3. The Morgan fingerprint density at radius 2 is 2.12 bits per heavy atom. The maximum absolute atomic E-state index is 11.9. The molecule has 0 saturated heterocycles. The normalized spacial score (nSPS) is 10.5. The van der Waals surface area contributed by atoms with Crippen LogP contribution < -0.4 is 0 Å². The fourth-order valence-electron chi connectivity index (χ4n) is 1.55. The molecule has 1 nitrogen and oxygen atoms in total. The predicted octanol–water partition coefficient (Wildman–Crippen LogP) is 4.52. The van der Waals surface area contributed by atoms with Crippen molar-refractivity contribution in [2.45, 2.75) is 12.8 Å². The number of hydrogen-bond donors (Lipinski definition) is 0. The molecule has 2 rings (SSSR count). The second kappa shape index (κ2) is 5.80. The van der Waals surface area contributed by atoms with Crippen molar-refractivity contribution in [3.8, 4) is 0 Å². The van der Waals surface area contributed by atoms with Gasteiger partial charge in [0.2, 0.25) is 0 Å². The van der Waals surface area contributed by atoms with Crippen molar-refractivity contribution in [3.63, 3.8) is 0 Å². The minimum atomic E-state index is 0.191. The summed E-state index contributed by atoms with van der Waals surface area (Å²) < 4.78 is 0.928. The van der Waals surface area contributed by atoms with Gasteiger partial charge in [0.1, 0.15) is 5.78 Å². The van der Waals surface area contributed by atoms with Crippen molar-refractivity contribution in [3.05, 3.63) is 55.6 Å². The van der Waals surface area contributed by atoms with E-state index in [1.807, 2.05) is 35.7 Å². The number of hydrogen-bond acceptors (Lipinski definition) is 2. The van der Waals surface area contributed by atoms with Crippen LogP contribution in [-0.2, 0) is 17.6 Å². The largest absolute Gasteiger partial charge is 0.299 e. The first kappa shape index (κ1) is 12.8. The molecule has 1 heterocycles. The summed E-state index contributed by atoms with van der Waals surface area (Å²) in [6, 6.07) is 9.54. The van der Waals surface area contributed by atoms with Gasteiger partial charge in [0.05, 0.1) is 0 Å². The molecule has 0 aliphatic carbocycles. The van der Waals surface area contributed by atoms with E-state index in [9.17, 15) is 4.79 Å². The topological polar surface area (TPSA) is 17.1 Å². The van der Waals surface area contributed by atoms with Crippen LogP contribution in [0.15, 0.2) is 40.2 Å². The average Bonchev–Trinajstić information content (AvgIpc) is 2.75. The third kappa shape index (κ3) is 3.66. The molecule has 2 aromatic rings. The molecule has 4 heteroatoms. The average molecular weight is 330 g/mol. The third-order valence-corrected chi connectivity index (χ3v) is 4.08. The predicted molar refractivity (Wildman–Crippen MR) is 75.9 cm³/mol. The number of carbonyl (C=O) groups is 1. The Balaban J connectivity index is 2.03. The molecule has 0 spiro atoms. The van der Waals surface area contributed by atoms with E-state index in [-0.39, 0.29) is 5.78 Å². The summed E-state index contributed by atoms with van der Waals surface area (Å²) >= 11 is 11.0. The minimum Gasteiger partial charge on any atom is -0.299 e. The van der Waals surface area contributed by atoms with Gasteiger partial charge in [-0.05, 0) is 29.1 Å². The number of carbonyl (C=O) groups excluding carboxylic acids is 1. The second-order valence-corrected chi connectivity index (χ2v) is 6.06. The molecule has 0 N–H and O–H groups in total. The van der Waals surface area contributed by atoms with Crippen molar-refractivity contribution >= 4 is 44.7 Å². The van der Waals surface area contributed by atoms with Crippen LogP contribution in [0.2, 0.25) is 5.02 Å². The van der Waals surface area contributed by atoms with Gasteiger partial charge in [0.25, 0.3) is 0 Å². The van der Waals surface area contributed by atoms with Crippen molar-refractivity contribution < 1.29 is 4.79 Å². The molecular weight excluding hydrogens is 320 g/mol. The molecule has 0 aliphatic rings. The van der Waals surface area contributed by atoms with Gasteiger partial charge in [-0.2, -0.15) is 0 Å². The van der Waals surface area contributed by atoms with Gasteiger partial charge in [-0.1, -0.05) is 39.7 Å². The SMILES string of the molecule is O=C(Cc1cccs1)Cc1ccc(Br)cc1Cl. The second-order valence-electron chi connectivity index (χ2n) is 3.71. The zero-order valence-corrected chi connectivity index (χ0v) is 12.1. The highest BCUT2D eigenvalue weighted by atomic mass is 79.9. The highest BCUT2D eigenvalue weighted by Gasteiger charge is 2.09. The molecule has 0 aliphatic heterocycles. The summed E-state index contributed by atoms with van der Waals surface area (Å²) in [7, 11) is 0. The number of thiophene rings is 1. The van der Waals surface area contributed by atoms with E-state index in [4.69, 9.17) is 11.6 Å². The Bertz CT molecular complexity index is 522. The van der Waals surface area contributed by atoms with Crippen LogP contribution in [-0.4, -0.2) is 5.78 Å². The molecule has 0 radical (unpaired) electrons. The highest BCUT2D eigenvalue weighted by molar-refractivity contribution is 9.10. The summed E-state index contributed by atoms with van der Waals surface area (Å²) in [5.74, 6) is 0.191. The number of benzene rings is 1. The molecule has 0 amide bonds. The molecule has 0 bridgehead atoms. The molecule has 0 fully saturated rings. The van der Waals surface area contributed by atoms with Crippen LogP contribution in [0.1, 0.15) is 10.4 Å².